The zero-order chi connectivity index (χ0) is 24.9. The van der Waals surface area contributed by atoms with Gasteiger partial charge in [0.2, 0.25) is 0 Å². The van der Waals surface area contributed by atoms with Crippen LogP contribution in [0.3, 0.4) is 0 Å². The fourth-order valence-corrected chi connectivity index (χ4v) is 4.13. The van der Waals surface area contributed by atoms with E-state index < -0.39 is 21.6 Å². The fraction of sp³-hybridized carbons (Fsp3) is 0.200. The molecule has 176 valence electrons. The summed E-state index contributed by atoms with van der Waals surface area (Å²) in [5, 5.41) is 11.8. The summed E-state index contributed by atoms with van der Waals surface area (Å²) in [4.78, 5) is 11.9. The topological polar surface area (TPSA) is 118 Å². The van der Waals surface area contributed by atoms with E-state index >= 15 is 0 Å². The van der Waals surface area contributed by atoms with Crippen LogP contribution in [0.15, 0.2) is 71.6 Å². The van der Waals surface area contributed by atoms with E-state index in [1.54, 1.807) is 46.1 Å². The number of hydrogen-bond acceptors (Lipinski definition) is 6. The van der Waals surface area contributed by atoms with Gasteiger partial charge in [0.1, 0.15) is 22.1 Å². The molecule has 0 atom stereocenters. The average Bonchev–Trinajstić information content (AvgIpc) is 2.78. The Labute approximate surface area is 199 Å². The zero-order valence-corrected chi connectivity index (χ0v) is 20.1. The van der Waals surface area contributed by atoms with Gasteiger partial charge in [0, 0.05) is 5.54 Å². The number of amides is 2. The van der Waals surface area contributed by atoms with E-state index in [1.807, 2.05) is 41.1 Å². The van der Waals surface area contributed by atoms with Gasteiger partial charge in [0.15, 0.2) is 0 Å². The molecule has 3 aromatic carbocycles. The summed E-state index contributed by atoms with van der Waals surface area (Å²) in [5.41, 5.74) is 1.23. The third-order valence-electron chi connectivity index (χ3n) is 4.56. The molecule has 0 radical (unpaired) electrons. The zero-order valence-electron chi connectivity index (χ0n) is 19.2. The van der Waals surface area contributed by atoms with E-state index in [1.165, 1.54) is 12.1 Å². The van der Waals surface area contributed by atoms with Crippen molar-refractivity contribution in [3.05, 3.63) is 72.3 Å². The van der Waals surface area contributed by atoms with Gasteiger partial charge in [-0.1, -0.05) is 24.3 Å². The van der Waals surface area contributed by atoms with Crippen LogP contribution < -0.4 is 19.5 Å². The van der Waals surface area contributed by atoms with Gasteiger partial charge in [-0.2, -0.15) is 5.26 Å². The molecule has 2 N–H and O–H groups in total. The van der Waals surface area contributed by atoms with Crippen molar-refractivity contribution >= 4 is 16.1 Å². The number of carbonyl (C=O) groups excluding carboxylic acids is 1. The van der Waals surface area contributed by atoms with E-state index in [4.69, 9.17) is 9.47 Å². The first kappa shape index (κ1) is 24.6. The van der Waals surface area contributed by atoms with Crippen molar-refractivity contribution in [2.45, 2.75) is 31.2 Å². The highest BCUT2D eigenvalue weighted by Gasteiger charge is 2.25. The Hall–Kier alpha value is -4.03. The number of rotatable bonds is 6. The Morgan fingerprint density at radius 3 is 2.26 bits per heavy atom. The molecular weight excluding hydrogens is 454 g/mol. The summed E-state index contributed by atoms with van der Waals surface area (Å²) >= 11 is 0. The van der Waals surface area contributed by atoms with Crippen LogP contribution >= 0.6 is 0 Å². The number of carbonyl (C=O) groups is 1. The number of benzene rings is 3. The highest BCUT2D eigenvalue weighted by molar-refractivity contribution is 7.90. The first-order chi connectivity index (χ1) is 16.0. The minimum Gasteiger partial charge on any atom is -0.497 e. The van der Waals surface area contributed by atoms with Gasteiger partial charge in [-0.3, -0.25) is 0 Å². The summed E-state index contributed by atoms with van der Waals surface area (Å²) in [6.45, 7) is 5.17. The Balaban J connectivity index is 1.94. The lowest BCUT2D eigenvalue weighted by Gasteiger charge is -2.21. The molecule has 0 aliphatic carbocycles. The Morgan fingerprint density at radius 1 is 0.941 bits per heavy atom. The third-order valence-corrected chi connectivity index (χ3v) is 5.92. The minimum absolute atomic E-state index is 0.0260. The summed E-state index contributed by atoms with van der Waals surface area (Å²) in [7, 11) is -2.75. The van der Waals surface area contributed by atoms with E-state index in [9.17, 15) is 18.5 Å². The molecule has 9 heteroatoms. The first-order valence-corrected chi connectivity index (χ1v) is 11.8. The molecule has 8 nitrogen and oxygen atoms in total. The number of nitrogens with one attached hydrogen (secondary N) is 2. The van der Waals surface area contributed by atoms with Crippen molar-refractivity contribution in [1.29, 1.82) is 5.26 Å². The lowest BCUT2D eigenvalue weighted by molar-refractivity contribution is 0.237. The minimum atomic E-state index is -4.34. The van der Waals surface area contributed by atoms with Crippen LogP contribution in [0, 0.1) is 11.3 Å². The smallest absolute Gasteiger partial charge is 0.329 e. The molecule has 0 bridgehead atoms. The molecule has 3 aromatic rings. The average molecular weight is 480 g/mol. The second kappa shape index (κ2) is 9.85. The molecule has 0 heterocycles. The van der Waals surface area contributed by atoms with Gasteiger partial charge in [-0.25, -0.2) is 17.9 Å². The molecule has 0 spiro atoms. The number of nitrogens with zero attached hydrogens (tertiary/aromatic N) is 1. The molecule has 0 aromatic heterocycles. The van der Waals surface area contributed by atoms with Crippen molar-refractivity contribution in [3.63, 3.8) is 0 Å². The molecule has 0 saturated carbocycles. The quantitative estimate of drug-likeness (QED) is 0.524. The Kier molecular flexibility index (Phi) is 7.13. The molecule has 0 fully saturated rings. The van der Waals surface area contributed by atoms with Crippen LogP contribution in [-0.2, 0) is 10.0 Å². The van der Waals surface area contributed by atoms with E-state index in [0.717, 1.165) is 22.9 Å². The van der Waals surface area contributed by atoms with E-state index in [2.05, 4.69) is 5.32 Å². The van der Waals surface area contributed by atoms with Crippen LogP contribution in [0.5, 0.6) is 17.2 Å². The van der Waals surface area contributed by atoms with Gasteiger partial charge >= 0.3 is 6.03 Å². The largest absolute Gasteiger partial charge is 0.497 e. The number of urea groups is 1. The number of nitriles is 1. The molecule has 34 heavy (non-hydrogen) atoms. The molecule has 0 aliphatic heterocycles. The van der Waals surface area contributed by atoms with Gasteiger partial charge < -0.3 is 14.8 Å². The second-order valence-electron chi connectivity index (χ2n) is 8.44. The highest BCUT2D eigenvalue weighted by atomic mass is 32.2. The van der Waals surface area contributed by atoms with Gasteiger partial charge in [-0.05, 0) is 74.4 Å². The van der Waals surface area contributed by atoms with Crippen LogP contribution in [0.2, 0.25) is 0 Å². The fourth-order valence-electron chi connectivity index (χ4n) is 3.06. The highest BCUT2D eigenvalue weighted by Crippen LogP contribution is 2.32. The third kappa shape index (κ3) is 6.27. The van der Waals surface area contributed by atoms with E-state index in [-0.39, 0.29) is 16.2 Å². The molecule has 0 saturated heterocycles. The maximum atomic E-state index is 13.0. The van der Waals surface area contributed by atoms with Gasteiger partial charge in [0.25, 0.3) is 10.0 Å². The van der Waals surface area contributed by atoms with Crippen LogP contribution in [0.1, 0.15) is 26.3 Å². The van der Waals surface area contributed by atoms with Crippen LogP contribution in [0.4, 0.5) is 4.79 Å². The normalized spacial score (nSPS) is 11.3. The SMILES string of the molecule is COc1ccc(-c2cccc(Oc3ccc(C#N)cc3S(=O)(=O)NC(=O)NC(C)(C)C)c2)cc1. The summed E-state index contributed by atoms with van der Waals surface area (Å²) in [6, 6.07) is 19.6. The summed E-state index contributed by atoms with van der Waals surface area (Å²) < 4.78 is 39.0. The summed E-state index contributed by atoms with van der Waals surface area (Å²) in [5.74, 6) is 1.09. The maximum absolute atomic E-state index is 13.0. The predicted molar refractivity (Wildman–Crippen MR) is 128 cm³/mol. The van der Waals surface area contributed by atoms with E-state index in [0.29, 0.717) is 5.75 Å². The van der Waals surface area contributed by atoms with Crippen molar-refractivity contribution in [1.82, 2.24) is 10.0 Å². The van der Waals surface area contributed by atoms with Crippen molar-refractivity contribution in [2.75, 3.05) is 7.11 Å². The first-order valence-electron chi connectivity index (χ1n) is 10.3. The van der Waals surface area contributed by atoms with Crippen molar-refractivity contribution in [2.24, 2.45) is 0 Å². The second-order valence-corrected chi connectivity index (χ2v) is 10.1. The van der Waals surface area contributed by atoms with Gasteiger partial charge in [-0.15, -0.1) is 0 Å². The maximum Gasteiger partial charge on any atom is 0.329 e. The lowest BCUT2D eigenvalue weighted by Crippen LogP contribution is -2.48. The standard InChI is InChI=1S/C25H25N3O5S/c1-25(2,3)27-24(29)28-34(30,31)23-14-17(16-26)8-13-22(23)33-21-7-5-6-19(15-21)18-9-11-20(32-4)12-10-18/h5-15H,1-4H3,(H2,27,28,29). The number of hydrogen-bond donors (Lipinski definition) is 2. The number of sulfonamides is 1. The molecule has 0 unspecified atom stereocenters. The summed E-state index contributed by atoms with van der Waals surface area (Å²) in [6.07, 6.45) is 0. The van der Waals surface area contributed by atoms with Crippen LogP contribution in [-0.4, -0.2) is 27.1 Å². The monoisotopic (exact) mass is 479 g/mol. The molecule has 0 aliphatic rings. The molecular formula is C25H25N3O5S. The van der Waals surface area contributed by atoms with Crippen LogP contribution in [0.25, 0.3) is 11.1 Å². The lowest BCUT2D eigenvalue weighted by atomic mass is 10.1. The van der Waals surface area contributed by atoms with Gasteiger partial charge in [0.05, 0.1) is 18.7 Å². The Bertz CT molecular complexity index is 1340. The van der Waals surface area contributed by atoms with Crippen molar-refractivity contribution in [3.8, 4) is 34.4 Å². The molecule has 3 rings (SSSR count). The Morgan fingerprint density at radius 2 is 1.65 bits per heavy atom. The number of methoxy groups -OCH3 is 1. The number of ether oxygens (including phenoxy) is 2. The van der Waals surface area contributed by atoms with Crippen molar-refractivity contribution < 1.29 is 22.7 Å². The predicted octanol–water partition coefficient (Wildman–Crippen LogP) is 4.81. The molecule has 2 amide bonds.